The van der Waals surface area contributed by atoms with E-state index in [4.69, 9.17) is 0 Å². The minimum atomic E-state index is -0.884. The Morgan fingerprint density at radius 2 is 1.35 bits per heavy atom. The van der Waals surface area contributed by atoms with Crippen LogP contribution in [0, 0.1) is 5.92 Å². The van der Waals surface area contributed by atoms with Crippen LogP contribution in [-0.4, -0.2) is 35.5 Å². The Balaban J connectivity index is 2.19. The molecule has 0 saturated carbocycles. The van der Waals surface area contributed by atoms with Gasteiger partial charge in [-0.1, -0.05) is 60.7 Å². The van der Waals surface area contributed by atoms with E-state index in [2.05, 4.69) is 0 Å². The molecule has 1 saturated heterocycles. The van der Waals surface area contributed by atoms with Crippen LogP contribution in [0.15, 0.2) is 60.7 Å². The fourth-order valence-corrected chi connectivity index (χ4v) is 4.25. The van der Waals surface area contributed by atoms with Crippen molar-refractivity contribution >= 4 is 17.5 Å². The van der Waals surface area contributed by atoms with Gasteiger partial charge in [0.25, 0.3) is 0 Å². The van der Waals surface area contributed by atoms with E-state index in [1.54, 1.807) is 11.9 Å². The molecule has 1 unspecified atom stereocenters. The van der Waals surface area contributed by atoms with Gasteiger partial charge in [-0.15, -0.1) is 0 Å². The largest absolute Gasteiger partial charge is 0.340 e. The van der Waals surface area contributed by atoms with Gasteiger partial charge >= 0.3 is 0 Å². The number of carbonyl (C=O) groups excluding carboxylic acids is 3. The van der Waals surface area contributed by atoms with Crippen molar-refractivity contribution in [1.82, 2.24) is 4.90 Å². The quantitative estimate of drug-likeness (QED) is 0.780. The highest BCUT2D eigenvalue weighted by atomic mass is 16.2. The second-order valence-electron chi connectivity index (χ2n) is 7.02. The van der Waals surface area contributed by atoms with Gasteiger partial charge in [0.15, 0.2) is 0 Å². The number of amides is 1. The average molecular weight is 349 g/mol. The molecule has 1 heterocycles. The molecule has 1 aliphatic heterocycles. The predicted molar refractivity (Wildman–Crippen MR) is 99.7 cm³/mol. The summed E-state index contributed by atoms with van der Waals surface area (Å²) in [6.07, 6.45) is 0.403. The topological polar surface area (TPSA) is 54.5 Å². The summed E-state index contributed by atoms with van der Waals surface area (Å²) >= 11 is 0. The van der Waals surface area contributed by atoms with E-state index in [1.807, 2.05) is 60.7 Å². The van der Waals surface area contributed by atoms with Crippen molar-refractivity contribution in [2.75, 3.05) is 7.05 Å². The fraction of sp³-hybridized carbons (Fsp3) is 0.318. The first kappa shape index (κ1) is 18.1. The summed E-state index contributed by atoms with van der Waals surface area (Å²) in [5.41, 5.74) is 0.887. The van der Waals surface area contributed by atoms with Crippen LogP contribution >= 0.6 is 0 Å². The van der Waals surface area contributed by atoms with Crippen LogP contribution in [0.2, 0.25) is 0 Å². The normalized spacial score (nSPS) is 19.0. The van der Waals surface area contributed by atoms with E-state index in [1.165, 1.54) is 13.8 Å². The molecule has 1 aliphatic rings. The Hall–Kier alpha value is -2.75. The van der Waals surface area contributed by atoms with Crippen LogP contribution in [0.25, 0.3) is 0 Å². The molecule has 0 radical (unpaired) electrons. The molecule has 134 valence electrons. The van der Waals surface area contributed by atoms with E-state index in [9.17, 15) is 14.4 Å². The lowest BCUT2D eigenvalue weighted by atomic mass is 9.71. The Morgan fingerprint density at radius 3 is 1.73 bits per heavy atom. The second kappa shape index (κ2) is 6.87. The lowest BCUT2D eigenvalue weighted by Crippen LogP contribution is -2.42. The van der Waals surface area contributed by atoms with Crippen LogP contribution < -0.4 is 0 Å². The Kier molecular flexibility index (Phi) is 4.77. The molecule has 1 amide bonds. The average Bonchev–Trinajstić information content (AvgIpc) is 2.89. The van der Waals surface area contributed by atoms with Crippen LogP contribution in [0.1, 0.15) is 31.4 Å². The number of hydrogen-bond acceptors (Lipinski definition) is 3. The molecule has 3 rings (SSSR count). The number of benzene rings is 2. The lowest BCUT2D eigenvalue weighted by molar-refractivity contribution is -0.135. The number of likely N-dealkylation sites (tertiary alicyclic amines) is 1. The van der Waals surface area contributed by atoms with Crippen LogP contribution in [0.5, 0.6) is 0 Å². The van der Waals surface area contributed by atoms with Gasteiger partial charge in [0.2, 0.25) is 5.91 Å². The number of likely N-dealkylation sites (N-methyl/N-ethyl adjacent to an activating group) is 1. The highest BCUT2D eigenvalue weighted by Crippen LogP contribution is 2.46. The molecule has 2 aromatic rings. The number of rotatable bonds is 5. The van der Waals surface area contributed by atoms with Gasteiger partial charge in [-0.2, -0.15) is 0 Å². The van der Waals surface area contributed by atoms with Gasteiger partial charge < -0.3 is 4.90 Å². The summed E-state index contributed by atoms with van der Waals surface area (Å²) < 4.78 is 0. The maximum absolute atomic E-state index is 13.5. The third-order valence-corrected chi connectivity index (χ3v) is 5.49. The highest BCUT2D eigenvalue weighted by molar-refractivity contribution is 6.03. The van der Waals surface area contributed by atoms with Crippen molar-refractivity contribution in [3.63, 3.8) is 0 Å². The fourth-order valence-electron chi connectivity index (χ4n) is 4.25. The van der Waals surface area contributed by atoms with Gasteiger partial charge in [-0.25, -0.2) is 0 Å². The molecular formula is C22H23NO3. The zero-order valence-electron chi connectivity index (χ0n) is 15.3. The van der Waals surface area contributed by atoms with Crippen LogP contribution in [-0.2, 0) is 19.8 Å². The van der Waals surface area contributed by atoms with Crippen molar-refractivity contribution in [2.45, 2.75) is 31.7 Å². The summed E-state index contributed by atoms with van der Waals surface area (Å²) in [4.78, 5) is 39.4. The van der Waals surface area contributed by atoms with Gasteiger partial charge in [0, 0.05) is 13.1 Å². The highest BCUT2D eigenvalue weighted by Gasteiger charge is 2.55. The zero-order valence-corrected chi connectivity index (χ0v) is 15.3. The molecule has 26 heavy (non-hydrogen) atoms. The van der Waals surface area contributed by atoms with Gasteiger partial charge in [0.1, 0.15) is 17.0 Å². The molecule has 0 aromatic heterocycles. The third kappa shape index (κ3) is 2.75. The minimum absolute atomic E-state index is 0.0765. The van der Waals surface area contributed by atoms with Crippen molar-refractivity contribution in [1.29, 1.82) is 0 Å². The molecular weight excluding hydrogens is 326 g/mol. The molecule has 1 fully saturated rings. The summed E-state index contributed by atoms with van der Waals surface area (Å²) in [5, 5.41) is 0. The van der Waals surface area contributed by atoms with E-state index in [-0.39, 0.29) is 17.5 Å². The number of ketones is 2. The van der Waals surface area contributed by atoms with E-state index < -0.39 is 17.4 Å². The standard InChI is InChI=1S/C22H23NO3/c1-15(24)20(16(2)25)19-14-22(21(26)23(19)3,17-10-6-4-7-11-17)18-12-8-5-9-13-18/h4-13,19-20H,14H2,1-3H3. The molecule has 0 spiro atoms. The minimum Gasteiger partial charge on any atom is -0.340 e. The maximum Gasteiger partial charge on any atom is 0.237 e. The molecule has 4 heteroatoms. The van der Waals surface area contributed by atoms with Gasteiger partial charge in [-0.05, 0) is 31.4 Å². The molecule has 0 aliphatic carbocycles. The van der Waals surface area contributed by atoms with Gasteiger partial charge in [-0.3, -0.25) is 14.4 Å². The van der Waals surface area contributed by atoms with Crippen LogP contribution in [0.4, 0.5) is 0 Å². The first-order chi connectivity index (χ1) is 12.4. The van der Waals surface area contributed by atoms with Crippen molar-refractivity contribution in [2.24, 2.45) is 5.92 Å². The number of nitrogens with zero attached hydrogens (tertiary/aromatic N) is 1. The first-order valence-corrected chi connectivity index (χ1v) is 8.79. The molecule has 0 N–H and O–H groups in total. The SMILES string of the molecule is CC(=O)C(C(C)=O)C1CC(c2ccccc2)(c2ccccc2)C(=O)N1C. The maximum atomic E-state index is 13.5. The van der Waals surface area contributed by atoms with Gasteiger partial charge in [0.05, 0.1) is 5.92 Å². The van der Waals surface area contributed by atoms with Crippen LogP contribution in [0.3, 0.4) is 0 Å². The summed E-state index contributed by atoms with van der Waals surface area (Å²) in [5.74, 6) is -1.26. The van der Waals surface area contributed by atoms with E-state index >= 15 is 0 Å². The Labute approximate surface area is 153 Å². The zero-order chi connectivity index (χ0) is 18.9. The Bertz CT molecular complexity index is 775. The summed E-state index contributed by atoms with van der Waals surface area (Å²) in [6.45, 7) is 2.85. The monoisotopic (exact) mass is 349 g/mol. The third-order valence-electron chi connectivity index (χ3n) is 5.49. The molecule has 4 nitrogen and oxygen atoms in total. The Morgan fingerprint density at radius 1 is 0.923 bits per heavy atom. The predicted octanol–water partition coefficient (Wildman–Crippen LogP) is 3.00. The summed E-state index contributed by atoms with van der Waals surface area (Å²) in [7, 11) is 1.69. The van der Waals surface area contributed by atoms with E-state index in [0.717, 1.165) is 11.1 Å². The molecule has 0 bridgehead atoms. The lowest BCUT2D eigenvalue weighted by Gasteiger charge is -2.28. The number of hydrogen-bond donors (Lipinski definition) is 0. The van der Waals surface area contributed by atoms with Crippen molar-refractivity contribution in [3.05, 3.63) is 71.8 Å². The van der Waals surface area contributed by atoms with E-state index in [0.29, 0.717) is 6.42 Å². The number of carbonyl (C=O) groups is 3. The van der Waals surface area contributed by atoms with Crippen molar-refractivity contribution < 1.29 is 14.4 Å². The van der Waals surface area contributed by atoms with Crippen molar-refractivity contribution in [3.8, 4) is 0 Å². The first-order valence-electron chi connectivity index (χ1n) is 8.79. The second-order valence-corrected chi connectivity index (χ2v) is 7.02. The molecule has 2 aromatic carbocycles. The smallest absolute Gasteiger partial charge is 0.237 e. The number of Topliss-reactive ketones (excluding diaryl/α,β-unsaturated/α-hetero) is 2. The summed E-state index contributed by atoms with van der Waals surface area (Å²) in [6, 6.07) is 18.8. The molecule has 1 atom stereocenters.